The van der Waals surface area contributed by atoms with Crippen molar-refractivity contribution in [3.63, 3.8) is 0 Å². The largest absolute Gasteiger partial charge is 0.350 e. The predicted molar refractivity (Wildman–Crippen MR) is 64.9 cm³/mol. The van der Waals surface area contributed by atoms with Crippen LogP contribution in [0.25, 0.3) is 5.65 Å². The molecule has 94 valence electrons. The molecule has 0 aliphatic heterocycles. The van der Waals surface area contributed by atoms with Gasteiger partial charge < -0.3 is 4.57 Å². The van der Waals surface area contributed by atoms with Crippen LogP contribution < -0.4 is 11.2 Å². The molecule has 2 fully saturated rings. The van der Waals surface area contributed by atoms with Crippen LogP contribution >= 0.6 is 0 Å². The summed E-state index contributed by atoms with van der Waals surface area (Å²) in [7, 11) is 0. The van der Waals surface area contributed by atoms with E-state index in [0.29, 0.717) is 6.04 Å². The van der Waals surface area contributed by atoms with Crippen molar-refractivity contribution in [3.05, 3.63) is 33.2 Å². The van der Waals surface area contributed by atoms with Crippen molar-refractivity contribution in [2.24, 2.45) is 0 Å². The molecule has 6 nitrogen and oxygen atoms in total. The van der Waals surface area contributed by atoms with Gasteiger partial charge in [0.1, 0.15) is 0 Å². The van der Waals surface area contributed by atoms with E-state index in [4.69, 9.17) is 0 Å². The summed E-state index contributed by atoms with van der Waals surface area (Å²) in [5, 5.41) is 4.24. The minimum Gasteiger partial charge on any atom is -0.308 e. The van der Waals surface area contributed by atoms with E-state index in [1.165, 1.54) is 9.08 Å². The second-order valence-corrected chi connectivity index (χ2v) is 5.25. The van der Waals surface area contributed by atoms with E-state index >= 15 is 0 Å². The second-order valence-electron chi connectivity index (χ2n) is 5.25. The predicted octanol–water partition coefficient (Wildman–Crippen LogP) is 0.718. The molecule has 0 atom stereocenters. The third-order valence-electron chi connectivity index (χ3n) is 4.00. The smallest absolute Gasteiger partial charge is 0.308 e. The Hall–Kier alpha value is -1.85. The van der Waals surface area contributed by atoms with E-state index in [1.54, 1.807) is 17.0 Å². The molecule has 0 amide bonds. The molecule has 6 heteroatoms. The van der Waals surface area contributed by atoms with Crippen molar-refractivity contribution < 1.29 is 0 Å². The van der Waals surface area contributed by atoms with Crippen LogP contribution in [0.2, 0.25) is 0 Å². The zero-order valence-electron chi connectivity index (χ0n) is 9.95. The first-order valence-corrected chi connectivity index (χ1v) is 6.48. The van der Waals surface area contributed by atoms with Crippen LogP contribution in [-0.4, -0.2) is 18.7 Å². The number of hydrogen-bond acceptors (Lipinski definition) is 3. The number of aromatic nitrogens is 4. The summed E-state index contributed by atoms with van der Waals surface area (Å²) in [5.74, 6) is 0. The molecule has 0 saturated heterocycles. The lowest BCUT2D eigenvalue weighted by Crippen LogP contribution is -2.29. The number of fused-ring (bicyclic) bond motifs is 1. The minimum atomic E-state index is -0.185. The van der Waals surface area contributed by atoms with Crippen molar-refractivity contribution in [1.82, 2.24) is 18.7 Å². The minimum absolute atomic E-state index is 0.143. The van der Waals surface area contributed by atoms with Crippen molar-refractivity contribution in [3.8, 4) is 0 Å². The molecular weight excluding hydrogens is 232 g/mol. The van der Waals surface area contributed by atoms with E-state index in [2.05, 4.69) is 5.10 Å². The van der Waals surface area contributed by atoms with Crippen LogP contribution in [0.4, 0.5) is 0 Å². The molecule has 0 N–H and O–H groups in total. The van der Waals surface area contributed by atoms with Gasteiger partial charge in [-0.1, -0.05) is 0 Å². The third-order valence-corrected chi connectivity index (χ3v) is 4.00. The molecule has 2 aliphatic rings. The highest BCUT2D eigenvalue weighted by Gasteiger charge is 2.28. The Morgan fingerprint density at radius 3 is 2.44 bits per heavy atom. The van der Waals surface area contributed by atoms with Crippen LogP contribution in [0.15, 0.2) is 22.0 Å². The lowest BCUT2D eigenvalue weighted by molar-refractivity contribution is 0.282. The monoisotopic (exact) mass is 246 g/mol. The summed E-state index contributed by atoms with van der Waals surface area (Å²) in [6.07, 6.45) is 8.58. The van der Waals surface area contributed by atoms with Gasteiger partial charge in [-0.2, -0.15) is 0 Å². The van der Waals surface area contributed by atoms with Crippen molar-refractivity contribution >= 4 is 5.65 Å². The molecule has 0 aromatic carbocycles. The highest BCUT2D eigenvalue weighted by atomic mass is 16.2. The molecule has 0 bridgehead atoms. The van der Waals surface area contributed by atoms with E-state index in [0.717, 1.165) is 32.1 Å². The Balaban J connectivity index is 1.96. The Bertz CT molecular complexity index is 731. The van der Waals surface area contributed by atoms with E-state index in [-0.39, 0.29) is 22.9 Å². The fraction of sp³-hybridized carbons (Fsp3) is 0.583. The topological polar surface area (TPSA) is 61.3 Å². The summed E-state index contributed by atoms with van der Waals surface area (Å²) < 4.78 is 4.56. The zero-order chi connectivity index (χ0) is 12.3. The first kappa shape index (κ1) is 10.1. The van der Waals surface area contributed by atoms with Gasteiger partial charge in [0.2, 0.25) is 5.65 Å². The summed E-state index contributed by atoms with van der Waals surface area (Å²) >= 11 is 0. The van der Waals surface area contributed by atoms with Gasteiger partial charge in [-0.15, -0.1) is 5.10 Å². The molecule has 0 unspecified atom stereocenters. The summed E-state index contributed by atoms with van der Waals surface area (Å²) in [5.41, 5.74) is -0.0637. The van der Waals surface area contributed by atoms with Gasteiger partial charge in [-0.05, 0) is 32.1 Å². The zero-order valence-corrected chi connectivity index (χ0v) is 9.95. The van der Waals surface area contributed by atoms with Gasteiger partial charge in [0, 0.05) is 18.4 Å². The maximum atomic E-state index is 12.2. The quantitative estimate of drug-likeness (QED) is 0.784. The molecule has 2 aromatic rings. The lowest BCUT2D eigenvalue weighted by atomic mass is 9.93. The number of hydrogen-bond donors (Lipinski definition) is 0. The Labute approximate surface area is 102 Å². The molecule has 4 rings (SSSR count). The van der Waals surface area contributed by atoms with Gasteiger partial charge in [0.15, 0.2) is 0 Å². The molecular formula is C12H14N4O2. The van der Waals surface area contributed by atoms with Gasteiger partial charge in [-0.3, -0.25) is 4.79 Å². The molecule has 18 heavy (non-hydrogen) atoms. The molecule has 2 aromatic heterocycles. The molecule has 2 saturated carbocycles. The van der Waals surface area contributed by atoms with Gasteiger partial charge in [-0.25, -0.2) is 13.9 Å². The third kappa shape index (κ3) is 1.26. The van der Waals surface area contributed by atoms with E-state index < -0.39 is 0 Å². The lowest BCUT2D eigenvalue weighted by Gasteiger charge is -2.23. The Morgan fingerprint density at radius 1 is 1.06 bits per heavy atom. The van der Waals surface area contributed by atoms with Gasteiger partial charge in [0.05, 0.1) is 6.04 Å². The molecule has 2 aliphatic carbocycles. The van der Waals surface area contributed by atoms with E-state index in [9.17, 15) is 9.59 Å². The summed E-state index contributed by atoms with van der Waals surface area (Å²) in [4.78, 5) is 24.4. The van der Waals surface area contributed by atoms with Gasteiger partial charge in [0.25, 0.3) is 5.56 Å². The van der Waals surface area contributed by atoms with Crippen molar-refractivity contribution in [2.45, 2.75) is 44.2 Å². The van der Waals surface area contributed by atoms with Crippen LogP contribution in [0, 0.1) is 0 Å². The molecule has 2 heterocycles. The standard InChI is InChI=1S/C12H14N4O2/c17-11-10-13-16(9-2-1-3-9)12(18)15(10)7-6-14(11)8-4-5-8/h6-9H,1-5H2. The average Bonchev–Trinajstić information content (AvgIpc) is 3.06. The second kappa shape index (κ2) is 3.34. The van der Waals surface area contributed by atoms with Crippen LogP contribution in [0.1, 0.15) is 44.2 Å². The summed E-state index contributed by atoms with van der Waals surface area (Å²) in [6, 6.07) is 0.498. The summed E-state index contributed by atoms with van der Waals surface area (Å²) in [6.45, 7) is 0. The number of nitrogens with zero attached hydrogens (tertiary/aromatic N) is 4. The normalized spacial score (nSPS) is 20.2. The first-order valence-electron chi connectivity index (χ1n) is 6.48. The highest BCUT2D eigenvalue weighted by Crippen LogP contribution is 2.33. The Morgan fingerprint density at radius 2 is 1.83 bits per heavy atom. The van der Waals surface area contributed by atoms with Crippen molar-refractivity contribution in [2.75, 3.05) is 0 Å². The van der Waals surface area contributed by atoms with Crippen LogP contribution in [0.5, 0.6) is 0 Å². The first-order chi connectivity index (χ1) is 8.75. The highest BCUT2D eigenvalue weighted by molar-refractivity contribution is 5.33. The van der Waals surface area contributed by atoms with Crippen molar-refractivity contribution in [1.29, 1.82) is 0 Å². The van der Waals surface area contributed by atoms with Crippen LogP contribution in [0.3, 0.4) is 0 Å². The average molecular weight is 246 g/mol. The maximum Gasteiger partial charge on any atom is 0.350 e. The fourth-order valence-corrected chi connectivity index (χ4v) is 2.51. The number of rotatable bonds is 2. The Kier molecular flexibility index (Phi) is 1.87. The van der Waals surface area contributed by atoms with Gasteiger partial charge >= 0.3 is 5.69 Å². The SMILES string of the molecule is O=c1c2nn(C3CCC3)c(=O)n2ccn1C1CC1. The van der Waals surface area contributed by atoms with Crippen LogP contribution in [-0.2, 0) is 0 Å². The molecule has 0 spiro atoms. The fourth-order valence-electron chi connectivity index (χ4n) is 2.51. The molecule has 0 radical (unpaired) electrons. The van der Waals surface area contributed by atoms with E-state index in [1.807, 2.05) is 0 Å². The maximum absolute atomic E-state index is 12.2.